The molecule has 5 nitrogen and oxygen atoms in total. The van der Waals surface area contributed by atoms with Gasteiger partial charge in [-0.1, -0.05) is 11.6 Å². The smallest absolute Gasteiger partial charge is 0.370 e. The molecule has 128 valence electrons. The lowest BCUT2D eigenvalue weighted by Crippen LogP contribution is -2.26. The summed E-state index contributed by atoms with van der Waals surface area (Å²) < 4.78 is 37.2. The molecule has 0 aliphatic rings. The summed E-state index contributed by atoms with van der Waals surface area (Å²) in [6, 6.07) is 5.31. The summed E-state index contributed by atoms with van der Waals surface area (Å²) >= 11 is 5.64. The number of hydrogen-bond donors (Lipinski definition) is 2. The molecule has 0 bridgehead atoms. The zero-order valence-corrected chi connectivity index (χ0v) is 13.2. The molecule has 0 fully saturated rings. The predicted octanol–water partition coefficient (Wildman–Crippen LogP) is 3.38. The number of amides is 1. The molecule has 2 aromatic heterocycles. The Morgan fingerprint density at radius 3 is 2.46 bits per heavy atom. The van der Waals surface area contributed by atoms with E-state index in [1.165, 1.54) is 18.3 Å². The Bertz CT molecular complexity index is 675. The van der Waals surface area contributed by atoms with Crippen LogP contribution < -0.4 is 10.6 Å². The van der Waals surface area contributed by atoms with Crippen molar-refractivity contribution in [2.75, 3.05) is 18.4 Å². The molecule has 0 aromatic carbocycles. The number of nitrogens with zero attached hydrogens (tertiary/aromatic N) is 2. The van der Waals surface area contributed by atoms with Gasteiger partial charge in [0, 0.05) is 25.5 Å². The molecule has 2 heterocycles. The van der Waals surface area contributed by atoms with Gasteiger partial charge in [0.1, 0.15) is 11.0 Å². The number of halogens is 4. The van der Waals surface area contributed by atoms with Gasteiger partial charge in [-0.2, -0.15) is 13.2 Å². The van der Waals surface area contributed by atoms with Crippen molar-refractivity contribution >= 4 is 23.3 Å². The van der Waals surface area contributed by atoms with E-state index in [0.29, 0.717) is 36.0 Å². The number of hydrogen-bond acceptors (Lipinski definition) is 4. The van der Waals surface area contributed by atoms with Crippen LogP contribution in [0.2, 0.25) is 5.15 Å². The van der Waals surface area contributed by atoms with E-state index in [9.17, 15) is 18.0 Å². The first-order chi connectivity index (χ1) is 11.4. The van der Waals surface area contributed by atoms with Gasteiger partial charge in [-0.05, 0) is 30.7 Å². The molecule has 0 atom stereocenters. The Morgan fingerprint density at radius 2 is 1.88 bits per heavy atom. The summed E-state index contributed by atoms with van der Waals surface area (Å²) in [6.07, 6.45) is -1.67. The van der Waals surface area contributed by atoms with Gasteiger partial charge in [0.15, 0.2) is 0 Å². The highest BCUT2D eigenvalue weighted by molar-refractivity contribution is 6.29. The van der Waals surface area contributed by atoms with Crippen LogP contribution in [-0.4, -0.2) is 29.0 Å². The van der Waals surface area contributed by atoms with Gasteiger partial charge in [0.25, 0.3) is 5.91 Å². The van der Waals surface area contributed by atoms with Crippen LogP contribution in [0, 0.1) is 0 Å². The third-order valence-electron chi connectivity index (χ3n) is 3.03. The standard InChI is InChI=1S/C15H14ClF3N4O/c16-12-4-2-10(8-22-12)14(24)21-7-1-6-20-13-5-3-11(9-23-13)15(17,18)19/h2-5,8-9H,1,6-7H2,(H,20,23)(H,21,24). The first-order valence-electron chi connectivity index (χ1n) is 7.03. The minimum atomic E-state index is -4.40. The zero-order valence-electron chi connectivity index (χ0n) is 12.4. The molecule has 0 saturated heterocycles. The van der Waals surface area contributed by atoms with Crippen molar-refractivity contribution in [2.24, 2.45) is 0 Å². The number of carbonyl (C=O) groups is 1. The Labute approximate surface area is 141 Å². The van der Waals surface area contributed by atoms with E-state index >= 15 is 0 Å². The van der Waals surface area contributed by atoms with E-state index in [0.717, 1.165) is 12.3 Å². The third-order valence-corrected chi connectivity index (χ3v) is 3.25. The second kappa shape index (κ2) is 7.96. The molecule has 9 heteroatoms. The minimum absolute atomic E-state index is 0.271. The highest BCUT2D eigenvalue weighted by Gasteiger charge is 2.30. The lowest BCUT2D eigenvalue weighted by molar-refractivity contribution is -0.137. The van der Waals surface area contributed by atoms with E-state index in [4.69, 9.17) is 11.6 Å². The molecule has 24 heavy (non-hydrogen) atoms. The Balaban J connectivity index is 1.69. The highest BCUT2D eigenvalue weighted by atomic mass is 35.5. The lowest BCUT2D eigenvalue weighted by atomic mass is 10.2. The number of nitrogens with one attached hydrogen (secondary N) is 2. The van der Waals surface area contributed by atoms with Crippen LogP contribution in [0.4, 0.5) is 19.0 Å². The average Bonchev–Trinajstić information content (AvgIpc) is 2.54. The summed E-state index contributed by atoms with van der Waals surface area (Å²) in [5.41, 5.74) is -0.395. The van der Waals surface area contributed by atoms with Crippen molar-refractivity contribution < 1.29 is 18.0 Å². The van der Waals surface area contributed by atoms with E-state index in [1.807, 2.05) is 0 Å². The van der Waals surface area contributed by atoms with Crippen LogP contribution >= 0.6 is 11.6 Å². The van der Waals surface area contributed by atoms with Gasteiger partial charge in [0.05, 0.1) is 11.1 Å². The fourth-order valence-corrected chi connectivity index (χ4v) is 1.90. The van der Waals surface area contributed by atoms with Crippen molar-refractivity contribution in [1.29, 1.82) is 0 Å². The van der Waals surface area contributed by atoms with Gasteiger partial charge in [-0.3, -0.25) is 4.79 Å². The molecular formula is C15H14ClF3N4O. The summed E-state index contributed by atoms with van der Waals surface area (Å²) in [7, 11) is 0. The first kappa shape index (κ1) is 18.0. The average molecular weight is 359 g/mol. The van der Waals surface area contributed by atoms with Crippen LogP contribution in [0.15, 0.2) is 36.7 Å². The van der Waals surface area contributed by atoms with E-state index < -0.39 is 11.7 Å². The summed E-state index contributed by atoms with van der Waals surface area (Å²) in [4.78, 5) is 19.3. The number of alkyl halides is 3. The third kappa shape index (κ3) is 5.38. The second-order valence-electron chi connectivity index (χ2n) is 4.84. The Morgan fingerprint density at radius 1 is 1.08 bits per heavy atom. The number of carbonyl (C=O) groups excluding carboxylic acids is 1. The normalized spacial score (nSPS) is 11.2. The van der Waals surface area contributed by atoms with E-state index in [-0.39, 0.29) is 5.91 Å². The van der Waals surface area contributed by atoms with Crippen LogP contribution in [0.3, 0.4) is 0 Å². The molecule has 0 radical (unpaired) electrons. The highest BCUT2D eigenvalue weighted by Crippen LogP contribution is 2.28. The number of aromatic nitrogens is 2. The van der Waals surface area contributed by atoms with E-state index in [2.05, 4.69) is 20.6 Å². The quantitative estimate of drug-likeness (QED) is 0.613. The molecule has 2 N–H and O–H groups in total. The van der Waals surface area contributed by atoms with Crippen molar-refractivity contribution in [3.8, 4) is 0 Å². The molecule has 0 aliphatic heterocycles. The second-order valence-corrected chi connectivity index (χ2v) is 5.22. The van der Waals surface area contributed by atoms with Gasteiger partial charge < -0.3 is 10.6 Å². The molecule has 2 aromatic rings. The van der Waals surface area contributed by atoms with Crippen LogP contribution in [0.25, 0.3) is 0 Å². The monoisotopic (exact) mass is 358 g/mol. The molecule has 1 amide bonds. The van der Waals surface area contributed by atoms with Crippen LogP contribution in [-0.2, 0) is 6.18 Å². The van der Waals surface area contributed by atoms with Crippen molar-refractivity contribution in [3.63, 3.8) is 0 Å². The van der Waals surface area contributed by atoms with E-state index in [1.54, 1.807) is 6.07 Å². The number of anilines is 1. The maximum absolute atomic E-state index is 12.4. The molecule has 2 rings (SSSR count). The largest absolute Gasteiger partial charge is 0.417 e. The van der Waals surface area contributed by atoms with Gasteiger partial charge >= 0.3 is 6.18 Å². The minimum Gasteiger partial charge on any atom is -0.370 e. The molecule has 0 unspecified atom stereocenters. The first-order valence-corrected chi connectivity index (χ1v) is 7.41. The summed E-state index contributed by atoms with van der Waals surface area (Å²) in [6.45, 7) is 0.854. The Kier molecular flexibility index (Phi) is 5.97. The topological polar surface area (TPSA) is 66.9 Å². The number of pyridine rings is 2. The van der Waals surface area contributed by atoms with Gasteiger partial charge in [-0.15, -0.1) is 0 Å². The maximum atomic E-state index is 12.4. The predicted molar refractivity (Wildman–Crippen MR) is 83.9 cm³/mol. The zero-order chi connectivity index (χ0) is 17.6. The Hall–Kier alpha value is -2.35. The van der Waals surface area contributed by atoms with Crippen LogP contribution in [0.5, 0.6) is 0 Å². The fourth-order valence-electron chi connectivity index (χ4n) is 1.79. The SMILES string of the molecule is O=C(NCCCNc1ccc(C(F)(F)F)cn1)c1ccc(Cl)nc1. The van der Waals surface area contributed by atoms with Crippen LogP contribution in [0.1, 0.15) is 22.3 Å². The molecule has 0 aliphatic carbocycles. The van der Waals surface area contributed by atoms with Gasteiger partial charge in [0.2, 0.25) is 0 Å². The maximum Gasteiger partial charge on any atom is 0.417 e. The molecule has 0 spiro atoms. The van der Waals surface area contributed by atoms with Crippen molar-refractivity contribution in [2.45, 2.75) is 12.6 Å². The summed E-state index contributed by atoms with van der Waals surface area (Å²) in [5, 5.41) is 5.89. The van der Waals surface area contributed by atoms with Crippen molar-refractivity contribution in [3.05, 3.63) is 52.9 Å². The summed E-state index contributed by atoms with van der Waals surface area (Å²) in [5.74, 6) is 0.0723. The van der Waals surface area contributed by atoms with Crippen molar-refractivity contribution in [1.82, 2.24) is 15.3 Å². The fraction of sp³-hybridized carbons (Fsp3) is 0.267. The number of rotatable bonds is 6. The molecular weight excluding hydrogens is 345 g/mol. The molecule has 0 saturated carbocycles. The lowest BCUT2D eigenvalue weighted by Gasteiger charge is -2.09. The van der Waals surface area contributed by atoms with Gasteiger partial charge in [-0.25, -0.2) is 9.97 Å².